The highest BCUT2D eigenvalue weighted by Crippen LogP contribution is 2.24. The third-order valence-electron chi connectivity index (χ3n) is 4.40. The highest BCUT2D eigenvalue weighted by Gasteiger charge is 2.29. The maximum absolute atomic E-state index is 13.3. The van der Waals surface area contributed by atoms with E-state index in [1.165, 1.54) is 19.2 Å². The summed E-state index contributed by atoms with van der Waals surface area (Å²) >= 11 is 0. The first-order chi connectivity index (χ1) is 12.0. The number of likely N-dealkylation sites (N-methyl/N-ethyl adjacent to an activating group) is 1. The van der Waals surface area contributed by atoms with Gasteiger partial charge in [0.05, 0.1) is 31.8 Å². The van der Waals surface area contributed by atoms with E-state index in [2.05, 4.69) is 10.00 Å². The van der Waals surface area contributed by atoms with Crippen LogP contribution in [0.5, 0.6) is 5.75 Å². The van der Waals surface area contributed by atoms with Crippen LogP contribution >= 0.6 is 0 Å². The molecule has 7 heteroatoms. The molecule has 134 valence electrons. The Bertz CT molecular complexity index is 759. The fourth-order valence-corrected chi connectivity index (χ4v) is 3.27. The average Bonchev–Trinajstić information content (AvgIpc) is 3.04. The monoisotopic (exact) mass is 346 g/mol. The van der Waals surface area contributed by atoms with Gasteiger partial charge in [-0.3, -0.25) is 9.48 Å². The van der Waals surface area contributed by atoms with Gasteiger partial charge in [-0.25, -0.2) is 4.39 Å². The minimum Gasteiger partial charge on any atom is -0.496 e. The topological polar surface area (TPSA) is 50.6 Å². The number of halogens is 1. The molecule has 1 amide bonds. The number of amides is 1. The van der Waals surface area contributed by atoms with Gasteiger partial charge in [0.25, 0.3) is 0 Å². The molecule has 0 saturated heterocycles. The summed E-state index contributed by atoms with van der Waals surface area (Å²) in [5.41, 5.74) is 1.72. The zero-order valence-electron chi connectivity index (χ0n) is 14.8. The van der Waals surface area contributed by atoms with Crippen molar-refractivity contribution in [3.05, 3.63) is 47.5 Å². The summed E-state index contributed by atoms with van der Waals surface area (Å²) in [7, 11) is 5.50. The largest absolute Gasteiger partial charge is 0.496 e. The number of rotatable bonds is 5. The van der Waals surface area contributed by atoms with Crippen LogP contribution in [0.3, 0.4) is 0 Å². The van der Waals surface area contributed by atoms with Gasteiger partial charge in [0.15, 0.2) is 0 Å². The van der Waals surface area contributed by atoms with Gasteiger partial charge in [-0.05, 0) is 26.2 Å². The molecule has 6 nitrogen and oxygen atoms in total. The standard InChI is InChI=1S/C18H23FN4O2/c1-21(2)10-16-12-22(11-15-6-7-20-23(15)16)18(24)8-13-4-5-14(19)9-17(13)25-3/h4-7,9,16H,8,10-12H2,1-3H3. The second kappa shape index (κ2) is 7.23. The van der Waals surface area contributed by atoms with Crippen molar-refractivity contribution in [2.75, 3.05) is 34.3 Å². The number of carbonyl (C=O) groups excluding carboxylic acids is 1. The summed E-state index contributed by atoms with van der Waals surface area (Å²) in [6.07, 6.45) is 1.96. The van der Waals surface area contributed by atoms with Crippen LogP contribution in [-0.2, 0) is 17.8 Å². The molecule has 0 radical (unpaired) electrons. The molecule has 0 aliphatic carbocycles. The Labute approximate surface area is 146 Å². The van der Waals surface area contributed by atoms with Gasteiger partial charge in [0.1, 0.15) is 11.6 Å². The molecule has 1 aromatic carbocycles. The highest BCUT2D eigenvalue weighted by atomic mass is 19.1. The Morgan fingerprint density at radius 1 is 1.40 bits per heavy atom. The smallest absolute Gasteiger partial charge is 0.227 e. The van der Waals surface area contributed by atoms with E-state index in [1.807, 2.05) is 29.7 Å². The first-order valence-electron chi connectivity index (χ1n) is 8.25. The van der Waals surface area contributed by atoms with Crippen molar-refractivity contribution in [2.24, 2.45) is 0 Å². The van der Waals surface area contributed by atoms with Crippen LogP contribution in [0.25, 0.3) is 0 Å². The lowest BCUT2D eigenvalue weighted by molar-refractivity contribution is -0.132. The minimum atomic E-state index is -0.374. The molecule has 1 unspecified atom stereocenters. The number of hydrogen-bond acceptors (Lipinski definition) is 4. The van der Waals surface area contributed by atoms with Crippen molar-refractivity contribution in [3.63, 3.8) is 0 Å². The van der Waals surface area contributed by atoms with Crippen molar-refractivity contribution < 1.29 is 13.9 Å². The maximum atomic E-state index is 13.3. The number of benzene rings is 1. The Morgan fingerprint density at radius 3 is 2.92 bits per heavy atom. The Morgan fingerprint density at radius 2 is 2.20 bits per heavy atom. The molecule has 0 spiro atoms. The van der Waals surface area contributed by atoms with Gasteiger partial charge in [-0.1, -0.05) is 6.07 Å². The number of hydrogen-bond donors (Lipinski definition) is 0. The number of nitrogens with zero attached hydrogens (tertiary/aromatic N) is 4. The summed E-state index contributed by atoms with van der Waals surface area (Å²) in [5.74, 6) is 0.0299. The first kappa shape index (κ1) is 17.4. The van der Waals surface area contributed by atoms with E-state index >= 15 is 0 Å². The summed E-state index contributed by atoms with van der Waals surface area (Å²) in [6.45, 7) is 1.94. The number of methoxy groups -OCH3 is 1. The molecular weight excluding hydrogens is 323 g/mol. The molecular formula is C18H23FN4O2. The van der Waals surface area contributed by atoms with E-state index in [0.717, 1.165) is 12.2 Å². The van der Waals surface area contributed by atoms with Crippen LogP contribution in [0.15, 0.2) is 30.5 Å². The summed E-state index contributed by atoms with van der Waals surface area (Å²) in [4.78, 5) is 16.7. The van der Waals surface area contributed by atoms with E-state index in [1.54, 1.807) is 12.3 Å². The normalized spacial score (nSPS) is 16.8. The lowest BCUT2D eigenvalue weighted by Crippen LogP contribution is -2.44. The average molecular weight is 346 g/mol. The number of carbonyl (C=O) groups is 1. The van der Waals surface area contributed by atoms with Gasteiger partial charge in [-0.2, -0.15) is 5.10 Å². The maximum Gasteiger partial charge on any atom is 0.227 e. The third kappa shape index (κ3) is 3.82. The van der Waals surface area contributed by atoms with Gasteiger partial charge >= 0.3 is 0 Å². The van der Waals surface area contributed by atoms with Crippen LogP contribution in [0.1, 0.15) is 17.3 Å². The molecule has 1 atom stereocenters. The quantitative estimate of drug-likeness (QED) is 0.827. The summed E-state index contributed by atoms with van der Waals surface area (Å²) < 4.78 is 20.5. The van der Waals surface area contributed by atoms with Gasteiger partial charge in [0.2, 0.25) is 5.91 Å². The first-order valence-corrected chi connectivity index (χ1v) is 8.25. The second-order valence-electron chi connectivity index (χ2n) is 6.59. The van der Waals surface area contributed by atoms with E-state index in [4.69, 9.17) is 4.74 Å². The van der Waals surface area contributed by atoms with Gasteiger partial charge in [-0.15, -0.1) is 0 Å². The fraction of sp³-hybridized carbons (Fsp3) is 0.444. The molecule has 0 fully saturated rings. The van der Waals surface area contributed by atoms with E-state index < -0.39 is 0 Å². The second-order valence-corrected chi connectivity index (χ2v) is 6.59. The number of aromatic nitrogens is 2. The van der Waals surface area contributed by atoms with E-state index in [9.17, 15) is 9.18 Å². The Hall–Kier alpha value is -2.41. The Kier molecular flexibility index (Phi) is 5.03. The molecule has 2 heterocycles. The SMILES string of the molecule is COc1cc(F)ccc1CC(=O)N1Cc2ccnn2C(CN(C)C)C1. The molecule has 0 N–H and O–H groups in total. The third-order valence-corrected chi connectivity index (χ3v) is 4.40. The summed E-state index contributed by atoms with van der Waals surface area (Å²) in [5, 5.41) is 4.40. The van der Waals surface area contributed by atoms with E-state index in [-0.39, 0.29) is 24.2 Å². The van der Waals surface area contributed by atoms with Gasteiger partial charge < -0.3 is 14.5 Å². The van der Waals surface area contributed by atoms with Crippen molar-refractivity contribution in [3.8, 4) is 5.75 Å². The van der Waals surface area contributed by atoms with Gasteiger partial charge in [0, 0.05) is 30.9 Å². The van der Waals surface area contributed by atoms with Crippen LogP contribution in [-0.4, -0.2) is 59.8 Å². The molecule has 25 heavy (non-hydrogen) atoms. The molecule has 2 aromatic rings. The number of ether oxygens (including phenoxy) is 1. The lowest BCUT2D eigenvalue weighted by atomic mass is 10.1. The predicted molar refractivity (Wildman–Crippen MR) is 91.9 cm³/mol. The molecule has 0 saturated carbocycles. The van der Waals surface area contributed by atoms with Crippen LogP contribution in [0, 0.1) is 5.82 Å². The molecule has 3 rings (SSSR count). The van der Waals surface area contributed by atoms with Crippen molar-refractivity contribution >= 4 is 5.91 Å². The van der Waals surface area contributed by atoms with Crippen LogP contribution < -0.4 is 4.74 Å². The van der Waals surface area contributed by atoms with E-state index in [0.29, 0.717) is 24.4 Å². The molecule has 1 aliphatic rings. The molecule has 1 aliphatic heterocycles. The Balaban J connectivity index is 1.77. The zero-order valence-corrected chi connectivity index (χ0v) is 14.8. The van der Waals surface area contributed by atoms with Crippen molar-refractivity contribution in [2.45, 2.75) is 19.0 Å². The van der Waals surface area contributed by atoms with Crippen LogP contribution in [0.4, 0.5) is 4.39 Å². The lowest BCUT2D eigenvalue weighted by Gasteiger charge is -2.35. The van der Waals surface area contributed by atoms with Crippen molar-refractivity contribution in [1.82, 2.24) is 19.6 Å². The minimum absolute atomic E-state index is 0.00103. The van der Waals surface area contributed by atoms with Crippen LogP contribution in [0.2, 0.25) is 0 Å². The zero-order chi connectivity index (χ0) is 18.0. The number of fused-ring (bicyclic) bond motifs is 1. The molecule has 1 aromatic heterocycles. The highest BCUT2D eigenvalue weighted by molar-refractivity contribution is 5.79. The predicted octanol–water partition coefficient (Wildman–Crippen LogP) is 1.72. The summed E-state index contributed by atoms with van der Waals surface area (Å²) in [6, 6.07) is 6.33. The fourth-order valence-electron chi connectivity index (χ4n) is 3.27. The van der Waals surface area contributed by atoms with Crippen molar-refractivity contribution in [1.29, 1.82) is 0 Å². The molecule has 0 bridgehead atoms.